The summed E-state index contributed by atoms with van der Waals surface area (Å²) in [5.74, 6) is 5.45. The monoisotopic (exact) mass is 191 g/mol. The maximum atomic E-state index is 7.52. The molecular formula is C11H17N3. The van der Waals surface area contributed by atoms with Crippen molar-refractivity contribution in [1.82, 2.24) is 5.43 Å². The van der Waals surface area contributed by atoms with Gasteiger partial charge >= 0.3 is 0 Å². The third kappa shape index (κ3) is 2.85. The second-order valence-corrected chi connectivity index (χ2v) is 3.32. The summed E-state index contributed by atoms with van der Waals surface area (Å²) in [6.07, 6.45) is 3.45. The van der Waals surface area contributed by atoms with Crippen molar-refractivity contribution >= 4 is 5.84 Å². The zero-order chi connectivity index (χ0) is 10.4. The van der Waals surface area contributed by atoms with Crippen LogP contribution in [0.15, 0.2) is 24.3 Å². The number of hydrogen-bond donors (Lipinski definition) is 3. The Balaban J connectivity index is 2.73. The molecule has 0 aliphatic heterocycles. The molecule has 76 valence electrons. The van der Waals surface area contributed by atoms with E-state index in [2.05, 4.69) is 18.4 Å². The van der Waals surface area contributed by atoms with Crippen LogP contribution >= 0.6 is 0 Å². The molecule has 0 fully saturated rings. The van der Waals surface area contributed by atoms with Crippen LogP contribution in [0.2, 0.25) is 0 Å². The van der Waals surface area contributed by atoms with Crippen LogP contribution in [0.4, 0.5) is 0 Å². The van der Waals surface area contributed by atoms with Gasteiger partial charge in [0.15, 0.2) is 0 Å². The third-order valence-electron chi connectivity index (χ3n) is 2.18. The topological polar surface area (TPSA) is 61.9 Å². The van der Waals surface area contributed by atoms with E-state index >= 15 is 0 Å². The highest BCUT2D eigenvalue weighted by atomic mass is 15.2. The fourth-order valence-corrected chi connectivity index (χ4v) is 1.35. The molecule has 0 saturated carbocycles. The van der Waals surface area contributed by atoms with E-state index < -0.39 is 0 Å². The lowest BCUT2D eigenvalue weighted by Gasteiger charge is -2.05. The molecule has 0 amide bonds. The Labute approximate surface area is 84.8 Å². The minimum atomic E-state index is 0.267. The standard InChI is InChI=1S/C11H17N3/c1-2-3-5-9-6-4-7-10(8-9)11(12)14-13/h4,6-8H,2-3,5,13H2,1H3,(H2,12,14). The largest absolute Gasteiger partial charge is 0.308 e. The summed E-state index contributed by atoms with van der Waals surface area (Å²) in [6.45, 7) is 2.17. The van der Waals surface area contributed by atoms with Gasteiger partial charge < -0.3 is 5.43 Å². The highest BCUT2D eigenvalue weighted by Crippen LogP contribution is 2.08. The molecule has 0 bridgehead atoms. The molecule has 1 aromatic rings. The molecular weight excluding hydrogens is 174 g/mol. The lowest BCUT2D eigenvalue weighted by atomic mass is 10.1. The molecule has 0 heterocycles. The van der Waals surface area contributed by atoms with Gasteiger partial charge in [-0.3, -0.25) is 5.41 Å². The van der Waals surface area contributed by atoms with Crippen molar-refractivity contribution < 1.29 is 0 Å². The highest BCUT2D eigenvalue weighted by Gasteiger charge is 1.99. The number of benzene rings is 1. The minimum absolute atomic E-state index is 0.267. The van der Waals surface area contributed by atoms with Gasteiger partial charge in [0.25, 0.3) is 0 Å². The molecule has 0 atom stereocenters. The first-order valence-corrected chi connectivity index (χ1v) is 4.92. The average Bonchev–Trinajstić information content (AvgIpc) is 2.25. The van der Waals surface area contributed by atoms with Gasteiger partial charge in [0.1, 0.15) is 5.84 Å². The zero-order valence-corrected chi connectivity index (χ0v) is 8.51. The number of hydrogen-bond acceptors (Lipinski definition) is 2. The molecule has 14 heavy (non-hydrogen) atoms. The maximum absolute atomic E-state index is 7.52. The molecule has 0 aromatic heterocycles. The molecule has 1 rings (SSSR count). The van der Waals surface area contributed by atoms with E-state index in [1.54, 1.807) is 0 Å². The van der Waals surface area contributed by atoms with Crippen LogP contribution in [0, 0.1) is 5.41 Å². The average molecular weight is 191 g/mol. The fraction of sp³-hybridized carbons (Fsp3) is 0.364. The number of unbranched alkanes of at least 4 members (excludes halogenated alkanes) is 1. The van der Waals surface area contributed by atoms with E-state index in [-0.39, 0.29) is 5.84 Å². The van der Waals surface area contributed by atoms with Gasteiger partial charge in [0.05, 0.1) is 0 Å². The number of amidine groups is 1. The van der Waals surface area contributed by atoms with Crippen LogP contribution in [-0.4, -0.2) is 5.84 Å². The van der Waals surface area contributed by atoms with Crippen molar-refractivity contribution in [1.29, 1.82) is 5.41 Å². The molecule has 0 unspecified atom stereocenters. The lowest BCUT2D eigenvalue weighted by molar-refractivity contribution is 0.795. The molecule has 0 saturated heterocycles. The molecule has 0 radical (unpaired) electrons. The zero-order valence-electron chi connectivity index (χ0n) is 8.51. The van der Waals surface area contributed by atoms with Crippen LogP contribution in [0.25, 0.3) is 0 Å². The van der Waals surface area contributed by atoms with Crippen molar-refractivity contribution in [2.24, 2.45) is 5.84 Å². The van der Waals surface area contributed by atoms with Crippen LogP contribution < -0.4 is 11.3 Å². The summed E-state index contributed by atoms with van der Waals surface area (Å²) in [4.78, 5) is 0. The van der Waals surface area contributed by atoms with Crippen molar-refractivity contribution in [3.63, 3.8) is 0 Å². The third-order valence-corrected chi connectivity index (χ3v) is 2.18. The van der Waals surface area contributed by atoms with Gasteiger partial charge in [-0.25, -0.2) is 5.84 Å². The van der Waals surface area contributed by atoms with Gasteiger partial charge in [-0.1, -0.05) is 31.5 Å². The van der Waals surface area contributed by atoms with Crippen LogP contribution in [0.5, 0.6) is 0 Å². The maximum Gasteiger partial charge on any atom is 0.139 e. The van der Waals surface area contributed by atoms with E-state index in [9.17, 15) is 0 Å². The summed E-state index contributed by atoms with van der Waals surface area (Å²) < 4.78 is 0. The van der Waals surface area contributed by atoms with Crippen molar-refractivity contribution in [3.05, 3.63) is 35.4 Å². The number of hydrazine groups is 1. The second-order valence-electron chi connectivity index (χ2n) is 3.32. The summed E-state index contributed by atoms with van der Waals surface area (Å²) in [5.41, 5.74) is 4.46. The molecule has 0 spiro atoms. The van der Waals surface area contributed by atoms with Gasteiger partial charge in [-0.15, -0.1) is 0 Å². The first-order valence-electron chi connectivity index (χ1n) is 4.92. The predicted octanol–water partition coefficient (Wildman–Crippen LogP) is 1.82. The fourth-order valence-electron chi connectivity index (χ4n) is 1.35. The first-order chi connectivity index (χ1) is 6.77. The van der Waals surface area contributed by atoms with Crippen LogP contribution in [0.1, 0.15) is 30.9 Å². The highest BCUT2D eigenvalue weighted by molar-refractivity contribution is 5.95. The molecule has 3 heteroatoms. The van der Waals surface area contributed by atoms with Crippen LogP contribution in [0.3, 0.4) is 0 Å². The Morgan fingerprint density at radius 2 is 2.29 bits per heavy atom. The normalized spacial score (nSPS) is 9.86. The van der Waals surface area contributed by atoms with Crippen LogP contribution in [-0.2, 0) is 6.42 Å². The van der Waals surface area contributed by atoms with Gasteiger partial charge in [0, 0.05) is 5.56 Å². The van der Waals surface area contributed by atoms with E-state index in [0.29, 0.717) is 0 Å². The summed E-state index contributed by atoms with van der Waals surface area (Å²) in [6, 6.07) is 7.95. The SMILES string of the molecule is CCCCc1cccc(C(=N)NN)c1. The molecule has 4 N–H and O–H groups in total. The summed E-state index contributed by atoms with van der Waals surface area (Å²) in [7, 11) is 0. The summed E-state index contributed by atoms with van der Waals surface area (Å²) in [5, 5.41) is 7.52. The van der Waals surface area contributed by atoms with E-state index in [4.69, 9.17) is 11.3 Å². The van der Waals surface area contributed by atoms with Crippen molar-refractivity contribution in [3.8, 4) is 0 Å². The number of rotatable bonds is 4. The molecule has 0 aliphatic carbocycles. The second kappa shape index (κ2) is 5.40. The molecule has 0 aliphatic rings. The lowest BCUT2D eigenvalue weighted by Crippen LogP contribution is -2.30. The van der Waals surface area contributed by atoms with Crippen molar-refractivity contribution in [2.75, 3.05) is 0 Å². The van der Waals surface area contributed by atoms with E-state index in [0.717, 1.165) is 12.0 Å². The van der Waals surface area contributed by atoms with Gasteiger partial charge in [-0.05, 0) is 24.5 Å². The summed E-state index contributed by atoms with van der Waals surface area (Å²) >= 11 is 0. The molecule has 1 aromatic carbocycles. The van der Waals surface area contributed by atoms with Gasteiger partial charge in [-0.2, -0.15) is 0 Å². The first kappa shape index (κ1) is 10.7. The number of nitrogens with two attached hydrogens (primary N) is 1. The Kier molecular flexibility index (Phi) is 4.13. The Morgan fingerprint density at radius 1 is 1.50 bits per heavy atom. The predicted molar refractivity (Wildman–Crippen MR) is 59.2 cm³/mol. The number of aryl methyl sites for hydroxylation is 1. The quantitative estimate of drug-likeness (QED) is 0.294. The molecule has 3 nitrogen and oxygen atoms in total. The van der Waals surface area contributed by atoms with Crippen molar-refractivity contribution in [2.45, 2.75) is 26.2 Å². The minimum Gasteiger partial charge on any atom is -0.308 e. The smallest absolute Gasteiger partial charge is 0.139 e. The van der Waals surface area contributed by atoms with E-state index in [1.807, 2.05) is 18.2 Å². The number of nitrogens with one attached hydrogen (secondary N) is 2. The van der Waals surface area contributed by atoms with Gasteiger partial charge in [0.2, 0.25) is 0 Å². The Bertz CT molecular complexity index is 307. The Morgan fingerprint density at radius 3 is 2.93 bits per heavy atom. The Hall–Kier alpha value is -1.35. The van der Waals surface area contributed by atoms with E-state index in [1.165, 1.54) is 18.4 Å².